The van der Waals surface area contributed by atoms with Crippen LogP contribution < -0.4 is 9.04 Å². The molecule has 1 heterocycles. The Morgan fingerprint density at radius 1 is 1.15 bits per heavy atom. The minimum Gasteiger partial charge on any atom is -0.494 e. The lowest BCUT2D eigenvalue weighted by Crippen LogP contribution is -2.30. The Morgan fingerprint density at radius 2 is 1.88 bits per heavy atom. The van der Waals surface area contributed by atoms with Gasteiger partial charge in [-0.15, -0.1) is 0 Å². The molecule has 3 aromatic rings. The van der Waals surface area contributed by atoms with E-state index in [1.165, 1.54) is 23.7 Å². The number of benzene rings is 2. The van der Waals surface area contributed by atoms with Crippen molar-refractivity contribution in [3.05, 3.63) is 76.1 Å². The summed E-state index contributed by atoms with van der Waals surface area (Å²) in [5.41, 5.74) is 0.502. The average molecular weight is 457 g/mol. The Bertz CT molecular complexity index is 992. The topological polar surface area (TPSA) is 59.8 Å². The summed E-state index contributed by atoms with van der Waals surface area (Å²) >= 11 is 9.40. The largest absolute Gasteiger partial charge is 0.494 e. The van der Waals surface area contributed by atoms with Crippen molar-refractivity contribution in [1.29, 1.82) is 0 Å². The fourth-order valence-corrected chi connectivity index (χ4v) is 5.30. The van der Waals surface area contributed by atoms with Crippen molar-refractivity contribution in [1.82, 2.24) is 0 Å². The van der Waals surface area contributed by atoms with Gasteiger partial charge in [-0.3, -0.25) is 4.31 Å². The summed E-state index contributed by atoms with van der Waals surface area (Å²) in [5.74, 6) is 0.701. The molecule has 0 aliphatic rings. The van der Waals surface area contributed by atoms with Crippen LogP contribution in [0.2, 0.25) is 5.02 Å². The number of hydrogen-bond acceptors (Lipinski definition) is 4. The first kappa shape index (κ1) is 18.8. The van der Waals surface area contributed by atoms with Gasteiger partial charge in [-0.05, 0) is 52.3 Å². The number of para-hydroxylation sites is 1. The fourth-order valence-electron chi connectivity index (χ4n) is 2.50. The van der Waals surface area contributed by atoms with Crippen LogP contribution in [0, 0.1) is 0 Å². The van der Waals surface area contributed by atoms with Crippen molar-refractivity contribution >= 4 is 43.2 Å². The molecule has 0 saturated heterocycles. The number of hydrogen-bond donors (Lipinski definition) is 0. The van der Waals surface area contributed by atoms with Gasteiger partial charge in [-0.25, -0.2) is 8.42 Å². The highest BCUT2D eigenvalue weighted by Gasteiger charge is 2.30. The maximum absolute atomic E-state index is 13.5. The molecule has 0 fully saturated rings. The molecule has 2 aromatic carbocycles. The summed E-state index contributed by atoms with van der Waals surface area (Å²) in [4.78, 5) is -0.0326. The van der Waals surface area contributed by atoms with Gasteiger partial charge in [0.2, 0.25) is 0 Å². The Morgan fingerprint density at radius 3 is 2.50 bits per heavy atom. The monoisotopic (exact) mass is 455 g/mol. The summed E-state index contributed by atoms with van der Waals surface area (Å²) in [6, 6.07) is 15.2. The number of methoxy groups -OCH3 is 1. The number of furan rings is 1. The molecule has 0 aliphatic carbocycles. The quantitative estimate of drug-likeness (QED) is 0.518. The maximum Gasteiger partial charge on any atom is 0.268 e. The molecule has 3 rings (SSSR count). The first-order valence-electron chi connectivity index (χ1n) is 7.56. The van der Waals surface area contributed by atoms with Crippen LogP contribution in [0.1, 0.15) is 5.76 Å². The van der Waals surface area contributed by atoms with Crippen molar-refractivity contribution in [2.24, 2.45) is 0 Å². The number of rotatable bonds is 6. The van der Waals surface area contributed by atoms with E-state index in [0.717, 1.165) is 0 Å². The number of anilines is 1. The van der Waals surface area contributed by atoms with E-state index < -0.39 is 10.0 Å². The van der Waals surface area contributed by atoms with E-state index in [1.807, 2.05) is 6.07 Å². The number of halogens is 2. The third kappa shape index (κ3) is 3.75. The maximum atomic E-state index is 13.5. The van der Waals surface area contributed by atoms with Crippen molar-refractivity contribution in [2.45, 2.75) is 11.4 Å². The van der Waals surface area contributed by atoms with E-state index in [-0.39, 0.29) is 22.2 Å². The summed E-state index contributed by atoms with van der Waals surface area (Å²) in [5, 5.41) is 0.280. The van der Waals surface area contributed by atoms with Gasteiger partial charge in [-0.2, -0.15) is 0 Å². The van der Waals surface area contributed by atoms with Gasteiger partial charge in [-0.1, -0.05) is 29.8 Å². The van der Waals surface area contributed by atoms with E-state index in [2.05, 4.69) is 15.9 Å². The van der Waals surface area contributed by atoms with E-state index in [4.69, 9.17) is 20.8 Å². The molecular weight excluding hydrogens is 442 g/mol. The second-order valence-electron chi connectivity index (χ2n) is 5.35. The van der Waals surface area contributed by atoms with Crippen LogP contribution in [0.3, 0.4) is 0 Å². The van der Waals surface area contributed by atoms with Gasteiger partial charge < -0.3 is 9.15 Å². The molecule has 5 nitrogen and oxygen atoms in total. The zero-order valence-electron chi connectivity index (χ0n) is 13.7. The Balaban J connectivity index is 2.17. The van der Waals surface area contributed by atoms with Crippen molar-refractivity contribution < 1.29 is 17.6 Å². The molecule has 1 aromatic heterocycles. The average Bonchev–Trinajstić information content (AvgIpc) is 3.13. The third-order valence-electron chi connectivity index (χ3n) is 3.67. The van der Waals surface area contributed by atoms with Gasteiger partial charge in [0.1, 0.15) is 10.7 Å². The summed E-state index contributed by atoms with van der Waals surface area (Å²) in [7, 11) is -2.57. The van der Waals surface area contributed by atoms with Gasteiger partial charge in [0, 0.05) is 5.02 Å². The lowest BCUT2D eigenvalue weighted by Gasteiger charge is -2.25. The molecule has 8 heteroatoms. The Labute approximate surface area is 165 Å². The fraction of sp³-hybridized carbons (Fsp3) is 0.111. The van der Waals surface area contributed by atoms with Crippen molar-refractivity contribution in [3.63, 3.8) is 0 Å². The van der Waals surface area contributed by atoms with Gasteiger partial charge in [0.05, 0.1) is 30.1 Å². The second-order valence-corrected chi connectivity index (χ2v) is 8.47. The highest BCUT2D eigenvalue weighted by atomic mass is 79.9. The van der Waals surface area contributed by atoms with Gasteiger partial charge in [0.25, 0.3) is 10.0 Å². The first-order chi connectivity index (χ1) is 12.4. The second kappa shape index (κ2) is 7.73. The smallest absolute Gasteiger partial charge is 0.268 e. The van der Waals surface area contributed by atoms with Crippen molar-refractivity contribution in [3.8, 4) is 5.75 Å². The molecule has 0 saturated carbocycles. The Kier molecular flexibility index (Phi) is 5.60. The molecule has 0 N–H and O–H groups in total. The third-order valence-corrected chi connectivity index (χ3v) is 6.26. The molecule has 0 spiro atoms. The summed E-state index contributed by atoms with van der Waals surface area (Å²) in [6.07, 6.45) is 1.50. The van der Waals surface area contributed by atoms with Crippen LogP contribution in [0.5, 0.6) is 5.75 Å². The summed E-state index contributed by atoms with van der Waals surface area (Å²) in [6.45, 7) is 0.0344. The van der Waals surface area contributed by atoms with Crippen LogP contribution in [0.4, 0.5) is 5.69 Å². The molecule has 136 valence electrons. The van der Waals surface area contributed by atoms with Crippen molar-refractivity contribution in [2.75, 3.05) is 11.4 Å². The molecule has 0 bridgehead atoms. The van der Waals surface area contributed by atoms with E-state index in [1.54, 1.807) is 42.5 Å². The van der Waals surface area contributed by atoms with Gasteiger partial charge >= 0.3 is 0 Å². The van der Waals surface area contributed by atoms with E-state index in [9.17, 15) is 8.42 Å². The zero-order valence-corrected chi connectivity index (χ0v) is 16.9. The highest BCUT2D eigenvalue weighted by Crippen LogP contribution is 2.38. The van der Waals surface area contributed by atoms with Crippen LogP contribution in [-0.4, -0.2) is 15.5 Å². The SMILES string of the molecule is COc1c(Br)cc(Cl)cc1S(=O)(=O)N(Cc1ccco1)c1ccccc1. The summed E-state index contributed by atoms with van der Waals surface area (Å²) < 4.78 is 39.3. The van der Waals surface area contributed by atoms with Gasteiger partial charge in [0.15, 0.2) is 5.75 Å². The predicted molar refractivity (Wildman–Crippen MR) is 104 cm³/mol. The predicted octanol–water partition coefficient (Wildman–Crippen LogP) is 5.10. The lowest BCUT2D eigenvalue weighted by molar-refractivity contribution is 0.399. The molecular formula is C18H15BrClNO4S. The molecule has 0 atom stereocenters. The molecule has 26 heavy (non-hydrogen) atoms. The zero-order chi connectivity index (χ0) is 18.7. The van der Waals surface area contributed by atoms with Crippen LogP contribution in [0.25, 0.3) is 0 Å². The lowest BCUT2D eigenvalue weighted by atomic mass is 10.3. The van der Waals surface area contributed by atoms with Crippen LogP contribution in [0.15, 0.2) is 74.6 Å². The normalized spacial score (nSPS) is 11.3. The number of nitrogens with zero attached hydrogens (tertiary/aromatic N) is 1. The first-order valence-corrected chi connectivity index (χ1v) is 10.2. The van der Waals surface area contributed by atoms with E-state index >= 15 is 0 Å². The number of ether oxygens (including phenoxy) is 1. The highest BCUT2D eigenvalue weighted by molar-refractivity contribution is 9.10. The standard InChI is InChI=1S/C18H15BrClNO4S/c1-24-18-16(19)10-13(20)11-17(18)26(22,23)21(12-15-8-5-9-25-15)14-6-3-2-4-7-14/h2-11H,12H2,1H3. The minimum absolute atomic E-state index is 0.0326. The van der Waals surface area contributed by atoms with Crippen LogP contribution in [-0.2, 0) is 16.6 Å². The molecule has 0 amide bonds. The number of sulfonamides is 1. The van der Waals surface area contributed by atoms with Crippen LogP contribution >= 0.6 is 27.5 Å². The minimum atomic E-state index is -3.98. The molecule has 0 unspecified atom stereocenters. The molecule has 0 radical (unpaired) electrons. The van der Waals surface area contributed by atoms with E-state index in [0.29, 0.717) is 15.9 Å². The molecule has 0 aliphatic heterocycles. The Hall–Kier alpha value is -1.96.